The number of hydrogen-bond acceptors (Lipinski definition) is 3. The van der Waals surface area contributed by atoms with E-state index in [1.54, 1.807) is 0 Å². The molecule has 2 unspecified atom stereocenters. The van der Waals surface area contributed by atoms with Gasteiger partial charge >= 0.3 is 0 Å². The Morgan fingerprint density at radius 1 is 1.47 bits per heavy atom. The molecule has 19 heavy (non-hydrogen) atoms. The third kappa shape index (κ3) is 3.17. The Morgan fingerprint density at radius 2 is 2.21 bits per heavy atom. The van der Waals surface area contributed by atoms with E-state index in [9.17, 15) is 5.11 Å². The fourth-order valence-electron chi connectivity index (χ4n) is 2.87. The van der Waals surface area contributed by atoms with Gasteiger partial charge in [0.25, 0.3) is 0 Å². The van der Waals surface area contributed by atoms with Gasteiger partial charge in [0.1, 0.15) is 11.8 Å². The van der Waals surface area contributed by atoms with Crippen molar-refractivity contribution in [2.75, 3.05) is 6.54 Å². The highest BCUT2D eigenvalue weighted by atomic mass is 16.3. The van der Waals surface area contributed by atoms with Crippen molar-refractivity contribution < 1.29 is 5.11 Å². The van der Waals surface area contributed by atoms with Crippen molar-refractivity contribution in [3.8, 4) is 6.07 Å². The SMILES string of the molecule is Cc1c(CNCC2CCCCC2O)cc(C#N)n1C. The standard InChI is InChI=1S/C15H23N3O/c1-11-13(7-14(8-16)18(11)2)10-17-9-12-5-3-4-6-15(12)19/h7,12,15,17,19H,3-6,9-10H2,1-2H3. The van der Waals surface area contributed by atoms with E-state index in [4.69, 9.17) is 5.26 Å². The molecule has 0 saturated heterocycles. The van der Waals surface area contributed by atoms with Gasteiger partial charge in [-0.3, -0.25) is 0 Å². The van der Waals surface area contributed by atoms with Gasteiger partial charge in [-0.2, -0.15) is 5.26 Å². The molecule has 0 bridgehead atoms. The molecule has 1 heterocycles. The predicted molar refractivity (Wildman–Crippen MR) is 74.5 cm³/mol. The summed E-state index contributed by atoms with van der Waals surface area (Å²) < 4.78 is 1.92. The van der Waals surface area contributed by atoms with E-state index in [0.29, 0.717) is 11.6 Å². The normalized spacial score (nSPS) is 23.3. The van der Waals surface area contributed by atoms with Crippen LogP contribution >= 0.6 is 0 Å². The third-order valence-corrected chi connectivity index (χ3v) is 4.35. The zero-order valence-electron chi connectivity index (χ0n) is 11.8. The van der Waals surface area contributed by atoms with Crippen LogP contribution in [-0.2, 0) is 13.6 Å². The molecule has 0 radical (unpaired) electrons. The van der Waals surface area contributed by atoms with E-state index in [0.717, 1.165) is 38.0 Å². The first-order valence-corrected chi connectivity index (χ1v) is 7.07. The minimum absolute atomic E-state index is 0.146. The van der Waals surface area contributed by atoms with E-state index >= 15 is 0 Å². The summed E-state index contributed by atoms with van der Waals surface area (Å²) in [6.07, 6.45) is 4.29. The van der Waals surface area contributed by atoms with Gasteiger partial charge in [-0.25, -0.2) is 0 Å². The molecular weight excluding hydrogens is 238 g/mol. The number of nitriles is 1. The molecule has 4 heteroatoms. The van der Waals surface area contributed by atoms with Crippen molar-refractivity contribution in [3.05, 3.63) is 23.0 Å². The van der Waals surface area contributed by atoms with Crippen LogP contribution in [0.15, 0.2) is 6.07 Å². The Bertz CT molecular complexity index is 472. The van der Waals surface area contributed by atoms with Crippen molar-refractivity contribution in [2.24, 2.45) is 13.0 Å². The second kappa shape index (κ2) is 6.23. The second-order valence-corrected chi connectivity index (χ2v) is 5.55. The Balaban J connectivity index is 1.87. The molecule has 0 aromatic carbocycles. The zero-order chi connectivity index (χ0) is 13.8. The van der Waals surface area contributed by atoms with Crippen molar-refractivity contribution in [1.82, 2.24) is 9.88 Å². The average Bonchev–Trinajstić information content (AvgIpc) is 2.69. The van der Waals surface area contributed by atoms with Crippen LogP contribution in [0.3, 0.4) is 0 Å². The maximum atomic E-state index is 9.92. The molecule has 1 aromatic rings. The molecule has 1 aliphatic carbocycles. The highest BCUT2D eigenvalue weighted by Gasteiger charge is 2.22. The molecule has 4 nitrogen and oxygen atoms in total. The van der Waals surface area contributed by atoms with Gasteiger partial charge in [-0.15, -0.1) is 0 Å². The molecule has 1 aromatic heterocycles. The lowest BCUT2D eigenvalue weighted by molar-refractivity contribution is 0.0695. The van der Waals surface area contributed by atoms with Gasteiger partial charge in [0.05, 0.1) is 6.10 Å². The van der Waals surface area contributed by atoms with Gasteiger partial charge in [0.2, 0.25) is 0 Å². The molecule has 2 atom stereocenters. The molecular formula is C15H23N3O. The van der Waals surface area contributed by atoms with Gasteiger partial charge in [-0.05, 0) is 37.3 Å². The number of aliphatic hydroxyl groups is 1. The Morgan fingerprint density at radius 3 is 2.84 bits per heavy atom. The Labute approximate surface area is 115 Å². The topological polar surface area (TPSA) is 61.0 Å². The molecule has 1 fully saturated rings. The second-order valence-electron chi connectivity index (χ2n) is 5.55. The molecule has 1 aliphatic rings. The number of nitrogens with one attached hydrogen (secondary N) is 1. The number of rotatable bonds is 4. The summed E-state index contributed by atoms with van der Waals surface area (Å²) in [6.45, 7) is 3.66. The minimum atomic E-state index is -0.146. The molecule has 0 spiro atoms. The van der Waals surface area contributed by atoms with Crippen molar-refractivity contribution in [2.45, 2.75) is 45.3 Å². The maximum Gasteiger partial charge on any atom is 0.120 e. The van der Waals surface area contributed by atoms with Crippen molar-refractivity contribution in [1.29, 1.82) is 5.26 Å². The molecule has 2 N–H and O–H groups in total. The Kier molecular flexibility index (Phi) is 4.62. The van der Waals surface area contributed by atoms with Crippen LogP contribution in [0, 0.1) is 24.2 Å². The predicted octanol–water partition coefficient (Wildman–Crippen LogP) is 1.85. The smallest absolute Gasteiger partial charge is 0.120 e. The van der Waals surface area contributed by atoms with E-state index in [1.165, 1.54) is 12.0 Å². The minimum Gasteiger partial charge on any atom is -0.393 e. The van der Waals surface area contributed by atoms with E-state index < -0.39 is 0 Å². The lowest BCUT2D eigenvalue weighted by atomic mass is 9.86. The average molecular weight is 261 g/mol. The molecule has 1 saturated carbocycles. The molecule has 2 rings (SSSR count). The first-order valence-electron chi connectivity index (χ1n) is 7.07. The first-order chi connectivity index (χ1) is 9.13. The number of hydrogen-bond donors (Lipinski definition) is 2. The highest BCUT2D eigenvalue weighted by Crippen LogP contribution is 2.23. The lowest BCUT2D eigenvalue weighted by Gasteiger charge is -2.27. The van der Waals surface area contributed by atoms with E-state index in [2.05, 4.69) is 11.4 Å². The van der Waals surface area contributed by atoms with Crippen LogP contribution in [0.25, 0.3) is 0 Å². The van der Waals surface area contributed by atoms with E-state index in [1.807, 2.05) is 24.6 Å². The van der Waals surface area contributed by atoms with Gasteiger partial charge in [0.15, 0.2) is 0 Å². The van der Waals surface area contributed by atoms with Crippen LogP contribution in [0.5, 0.6) is 0 Å². The van der Waals surface area contributed by atoms with Crippen molar-refractivity contribution >= 4 is 0 Å². The van der Waals surface area contributed by atoms with Crippen LogP contribution < -0.4 is 5.32 Å². The summed E-state index contributed by atoms with van der Waals surface area (Å²) in [7, 11) is 1.92. The summed E-state index contributed by atoms with van der Waals surface area (Å²) in [5, 5.41) is 22.3. The van der Waals surface area contributed by atoms with Gasteiger partial charge in [0, 0.05) is 25.8 Å². The fourth-order valence-corrected chi connectivity index (χ4v) is 2.87. The largest absolute Gasteiger partial charge is 0.393 e. The number of aromatic nitrogens is 1. The number of aliphatic hydroxyl groups excluding tert-OH is 1. The summed E-state index contributed by atoms with van der Waals surface area (Å²) >= 11 is 0. The van der Waals surface area contributed by atoms with Gasteiger partial charge < -0.3 is 15.0 Å². The third-order valence-electron chi connectivity index (χ3n) is 4.35. The Hall–Kier alpha value is -1.31. The quantitative estimate of drug-likeness (QED) is 0.869. The number of nitrogens with zero attached hydrogens (tertiary/aromatic N) is 2. The van der Waals surface area contributed by atoms with Crippen LogP contribution in [0.1, 0.15) is 42.6 Å². The summed E-state index contributed by atoms with van der Waals surface area (Å²) in [4.78, 5) is 0. The van der Waals surface area contributed by atoms with Crippen LogP contribution in [0.2, 0.25) is 0 Å². The fraction of sp³-hybridized carbons (Fsp3) is 0.667. The molecule has 104 valence electrons. The van der Waals surface area contributed by atoms with Crippen LogP contribution in [-0.4, -0.2) is 22.3 Å². The van der Waals surface area contributed by atoms with Gasteiger partial charge in [-0.1, -0.05) is 12.8 Å². The highest BCUT2D eigenvalue weighted by molar-refractivity contribution is 5.34. The summed E-state index contributed by atoms with van der Waals surface area (Å²) in [5.41, 5.74) is 3.00. The first kappa shape index (κ1) is 14.1. The zero-order valence-corrected chi connectivity index (χ0v) is 11.8. The van der Waals surface area contributed by atoms with Crippen LogP contribution in [0.4, 0.5) is 0 Å². The summed E-state index contributed by atoms with van der Waals surface area (Å²) in [5.74, 6) is 0.383. The monoisotopic (exact) mass is 261 g/mol. The lowest BCUT2D eigenvalue weighted by Crippen LogP contribution is -2.33. The van der Waals surface area contributed by atoms with E-state index in [-0.39, 0.29) is 6.10 Å². The van der Waals surface area contributed by atoms with Crippen molar-refractivity contribution in [3.63, 3.8) is 0 Å². The molecule has 0 amide bonds. The summed E-state index contributed by atoms with van der Waals surface area (Å²) in [6, 6.07) is 4.14. The molecule has 0 aliphatic heterocycles. The maximum absolute atomic E-state index is 9.92.